The predicted octanol–water partition coefficient (Wildman–Crippen LogP) is 2.10. The molecule has 1 aliphatic heterocycles. The number of rotatable bonds is 6. The molecule has 5 nitrogen and oxygen atoms in total. The highest BCUT2D eigenvalue weighted by molar-refractivity contribution is 9.11. The lowest BCUT2D eigenvalue weighted by Crippen LogP contribution is -2.43. The first kappa shape index (κ1) is 18.6. The van der Waals surface area contributed by atoms with Gasteiger partial charge in [0.15, 0.2) is 9.84 Å². The van der Waals surface area contributed by atoms with Gasteiger partial charge in [0.1, 0.15) is 0 Å². The molecule has 1 amide bonds. The van der Waals surface area contributed by atoms with Crippen molar-refractivity contribution in [3.8, 4) is 0 Å². The van der Waals surface area contributed by atoms with Gasteiger partial charge in [0.25, 0.3) is 0 Å². The monoisotopic (exact) mass is 420 g/mol. The number of halogens is 1. The Bertz CT molecular complexity index is 683. The first-order chi connectivity index (χ1) is 10.8. The van der Waals surface area contributed by atoms with E-state index in [1.165, 1.54) is 0 Å². The summed E-state index contributed by atoms with van der Waals surface area (Å²) in [7, 11) is 0.863. The van der Waals surface area contributed by atoms with Gasteiger partial charge >= 0.3 is 0 Å². The normalized spacial score (nSPS) is 20.4. The molecule has 1 aliphatic rings. The summed E-state index contributed by atoms with van der Waals surface area (Å²) in [6, 6.07) is 3.65. The summed E-state index contributed by atoms with van der Waals surface area (Å²) in [5.41, 5.74) is 0. The van der Waals surface area contributed by atoms with E-state index in [1.54, 1.807) is 28.4 Å². The Morgan fingerprint density at radius 3 is 2.65 bits per heavy atom. The number of carbonyl (C=O) groups excluding carboxylic acids is 1. The Kier molecular flexibility index (Phi) is 6.41. The van der Waals surface area contributed by atoms with E-state index in [-0.39, 0.29) is 23.5 Å². The van der Waals surface area contributed by atoms with Crippen LogP contribution in [0.4, 0.5) is 0 Å². The van der Waals surface area contributed by atoms with Gasteiger partial charge in [-0.05, 0) is 54.7 Å². The molecule has 0 bridgehead atoms. The second-order valence-electron chi connectivity index (χ2n) is 5.87. The van der Waals surface area contributed by atoms with Gasteiger partial charge in [0.2, 0.25) is 5.91 Å². The zero-order valence-electron chi connectivity index (χ0n) is 13.2. The molecule has 0 unspecified atom stereocenters. The third-order valence-electron chi connectivity index (χ3n) is 3.70. The summed E-state index contributed by atoms with van der Waals surface area (Å²) in [4.78, 5) is 17.2. The van der Waals surface area contributed by atoms with E-state index in [1.807, 2.05) is 31.1 Å². The standard InChI is InChI=1S/C15H21BrN2O3S2/c1-17(2)8-9-18(12-7-10-23(20,21)11-12)15(19)6-4-13-3-5-14(16)22-13/h3-6,12H,7-11H2,1-2H3/b6-4+/t12-/m0/s1. The summed E-state index contributed by atoms with van der Waals surface area (Å²) in [5.74, 6) is 0.119. The van der Waals surface area contributed by atoms with E-state index in [4.69, 9.17) is 0 Å². The fourth-order valence-corrected chi connectivity index (χ4v) is 5.53. The second kappa shape index (κ2) is 7.92. The van der Waals surface area contributed by atoms with Crippen LogP contribution in [-0.4, -0.2) is 68.9 Å². The van der Waals surface area contributed by atoms with Crippen LogP contribution in [0.5, 0.6) is 0 Å². The van der Waals surface area contributed by atoms with Gasteiger partial charge in [-0.3, -0.25) is 4.79 Å². The minimum Gasteiger partial charge on any atom is -0.334 e. The van der Waals surface area contributed by atoms with Gasteiger partial charge in [-0.25, -0.2) is 8.42 Å². The van der Waals surface area contributed by atoms with E-state index < -0.39 is 9.84 Å². The molecule has 0 aromatic carbocycles. The van der Waals surface area contributed by atoms with Crippen molar-refractivity contribution >= 4 is 49.1 Å². The third kappa shape index (κ3) is 5.70. The molecular weight excluding hydrogens is 400 g/mol. The van der Waals surface area contributed by atoms with E-state index in [9.17, 15) is 13.2 Å². The van der Waals surface area contributed by atoms with Gasteiger partial charge in [-0.1, -0.05) is 0 Å². The summed E-state index contributed by atoms with van der Waals surface area (Å²) in [5, 5.41) is 0. The van der Waals surface area contributed by atoms with Crippen molar-refractivity contribution in [2.75, 3.05) is 38.7 Å². The molecule has 1 aromatic heterocycles. The molecule has 1 fully saturated rings. The average molecular weight is 421 g/mol. The number of hydrogen-bond acceptors (Lipinski definition) is 5. The lowest BCUT2D eigenvalue weighted by Gasteiger charge is -2.28. The van der Waals surface area contributed by atoms with Crippen LogP contribution in [0.1, 0.15) is 11.3 Å². The molecule has 1 aromatic rings. The molecule has 23 heavy (non-hydrogen) atoms. The molecule has 2 rings (SSSR count). The van der Waals surface area contributed by atoms with Crippen molar-refractivity contribution < 1.29 is 13.2 Å². The van der Waals surface area contributed by atoms with Crippen LogP contribution in [0.25, 0.3) is 6.08 Å². The van der Waals surface area contributed by atoms with Crippen molar-refractivity contribution in [1.29, 1.82) is 0 Å². The number of hydrogen-bond donors (Lipinski definition) is 0. The Morgan fingerprint density at radius 1 is 1.39 bits per heavy atom. The number of likely N-dealkylation sites (N-methyl/N-ethyl adjacent to an activating group) is 1. The van der Waals surface area contributed by atoms with Crippen LogP contribution in [0.3, 0.4) is 0 Å². The Hall–Kier alpha value is -0.700. The van der Waals surface area contributed by atoms with Crippen LogP contribution in [0.2, 0.25) is 0 Å². The van der Waals surface area contributed by atoms with Crippen LogP contribution < -0.4 is 0 Å². The Labute approximate surface area is 150 Å². The van der Waals surface area contributed by atoms with Crippen LogP contribution in [0.15, 0.2) is 22.0 Å². The molecule has 8 heteroatoms. The van der Waals surface area contributed by atoms with Crippen molar-refractivity contribution in [1.82, 2.24) is 9.80 Å². The van der Waals surface area contributed by atoms with Crippen molar-refractivity contribution in [3.63, 3.8) is 0 Å². The highest BCUT2D eigenvalue weighted by Gasteiger charge is 2.33. The smallest absolute Gasteiger partial charge is 0.246 e. The summed E-state index contributed by atoms with van der Waals surface area (Å²) in [6.07, 6.45) is 3.85. The SMILES string of the molecule is CN(C)CCN(C(=O)/C=C/c1ccc(Br)s1)[C@H]1CCS(=O)(=O)C1. The topological polar surface area (TPSA) is 57.7 Å². The second-order valence-corrected chi connectivity index (χ2v) is 10.6. The van der Waals surface area contributed by atoms with Gasteiger partial charge < -0.3 is 9.80 Å². The molecule has 0 aliphatic carbocycles. The molecule has 0 saturated carbocycles. The largest absolute Gasteiger partial charge is 0.334 e. The molecular formula is C15H21BrN2O3S2. The van der Waals surface area contributed by atoms with Crippen LogP contribution >= 0.6 is 27.3 Å². The van der Waals surface area contributed by atoms with Crippen molar-refractivity contribution in [3.05, 3.63) is 26.9 Å². The Morgan fingerprint density at radius 2 is 2.13 bits per heavy atom. The highest BCUT2D eigenvalue weighted by atomic mass is 79.9. The van der Waals surface area contributed by atoms with E-state index in [2.05, 4.69) is 15.9 Å². The first-order valence-electron chi connectivity index (χ1n) is 7.36. The van der Waals surface area contributed by atoms with E-state index >= 15 is 0 Å². The quantitative estimate of drug-likeness (QED) is 0.661. The van der Waals surface area contributed by atoms with E-state index in [0.717, 1.165) is 8.66 Å². The zero-order valence-corrected chi connectivity index (χ0v) is 16.5. The minimum atomic E-state index is -3.01. The van der Waals surface area contributed by atoms with Crippen molar-refractivity contribution in [2.45, 2.75) is 12.5 Å². The van der Waals surface area contributed by atoms with Gasteiger partial charge in [0, 0.05) is 30.1 Å². The van der Waals surface area contributed by atoms with Crippen LogP contribution in [-0.2, 0) is 14.6 Å². The summed E-state index contributed by atoms with van der Waals surface area (Å²) >= 11 is 4.94. The molecule has 0 radical (unpaired) electrons. The maximum Gasteiger partial charge on any atom is 0.246 e. The molecule has 1 saturated heterocycles. The Balaban J connectivity index is 2.09. The molecule has 1 atom stereocenters. The predicted molar refractivity (Wildman–Crippen MR) is 98.4 cm³/mol. The maximum atomic E-state index is 12.6. The highest BCUT2D eigenvalue weighted by Crippen LogP contribution is 2.23. The first-order valence-corrected chi connectivity index (χ1v) is 10.8. The molecule has 128 valence electrons. The third-order valence-corrected chi connectivity index (χ3v) is 7.04. The fourth-order valence-electron chi connectivity index (χ4n) is 2.47. The van der Waals surface area contributed by atoms with Gasteiger partial charge in [0.05, 0.1) is 15.3 Å². The van der Waals surface area contributed by atoms with Gasteiger partial charge in [-0.2, -0.15) is 0 Å². The summed E-state index contributed by atoms with van der Waals surface area (Å²) in [6.45, 7) is 1.24. The van der Waals surface area contributed by atoms with Gasteiger partial charge in [-0.15, -0.1) is 11.3 Å². The lowest BCUT2D eigenvalue weighted by molar-refractivity contribution is -0.127. The van der Waals surface area contributed by atoms with Crippen molar-refractivity contribution in [2.24, 2.45) is 0 Å². The van der Waals surface area contributed by atoms with E-state index in [0.29, 0.717) is 19.5 Å². The summed E-state index contributed by atoms with van der Waals surface area (Å²) < 4.78 is 24.4. The number of amides is 1. The zero-order chi connectivity index (χ0) is 17.0. The number of thiophene rings is 1. The number of nitrogens with zero attached hydrogens (tertiary/aromatic N) is 2. The average Bonchev–Trinajstić information content (AvgIpc) is 3.02. The number of sulfone groups is 1. The van der Waals surface area contributed by atoms with Crippen LogP contribution in [0, 0.1) is 0 Å². The molecule has 2 heterocycles. The molecule has 0 spiro atoms. The number of carbonyl (C=O) groups is 1. The minimum absolute atomic E-state index is 0.0740. The maximum absolute atomic E-state index is 12.6. The lowest BCUT2D eigenvalue weighted by atomic mass is 10.2. The molecule has 0 N–H and O–H groups in total. The fraction of sp³-hybridized carbons (Fsp3) is 0.533.